The summed E-state index contributed by atoms with van der Waals surface area (Å²) in [5, 5.41) is 9.65. The summed E-state index contributed by atoms with van der Waals surface area (Å²) in [7, 11) is 1.95. The zero-order valence-electron chi connectivity index (χ0n) is 11.4. The van der Waals surface area contributed by atoms with E-state index in [1.165, 1.54) is 4.31 Å². The highest BCUT2D eigenvalue weighted by atomic mass is 32.2. The average molecular weight is 284 g/mol. The molecule has 0 amide bonds. The molecule has 106 valence electrons. The Labute approximate surface area is 116 Å². The van der Waals surface area contributed by atoms with Crippen molar-refractivity contribution in [3.63, 3.8) is 0 Å². The summed E-state index contributed by atoms with van der Waals surface area (Å²) < 4.78 is 22.5. The van der Waals surface area contributed by atoms with Crippen molar-refractivity contribution in [1.29, 1.82) is 0 Å². The maximum atomic E-state index is 11.6. The molecule has 0 saturated carbocycles. The molecule has 6 heteroatoms. The maximum Gasteiger partial charge on any atom is 0.235 e. The summed E-state index contributed by atoms with van der Waals surface area (Å²) in [5.41, 5.74) is 1.55. The molecular formula is C13H20N2O3S. The number of aliphatic hydroxyl groups is 1. The minimum absolute atomic E-state index is 0.169. The molecule has 0 aromatic heterocycles. The van der Waals surface area contributed by atoms with Gasteiger partial charge in [0.2, 0.25) is 11.3 Å². The Morgan fingerprint density at radius 1 is 1.42 bits per heavy atom. The Hall–Kier alpha value is -0.950. The van der Waals surface area contributed by atoms with Gasteiger partial charge >= 0.3 is 0 Å². The van der Waals surface area contributed by atoms with Crippen molar-refractivity contribution < 1.29 is 13.9 Å². The van der Waals surface area contributed by atoms with Gasteiger partial charge in [-0.25, -0.2) is 4.21 Å². The van der Waals surface area contributed by atoms with Gasteiger partial charge in [0.05, 0.1) is 18.2 Å². The summed E-state index contributed by atoms with van der Waals surface area (Å²) in [6, 6.07) is 7.38. The van der Waals surface area contributed by atoms with Gasteiger partial charge in [-0.15, -0.1) is 0 Å². The fourth-order valence-corrected chi connectivity index (χ4v) is 3.41. The quantitative estimate of drug-likeness (QED) is 0.801. The highest BCUT2D eigenvalue weighted by Gasteiger charge is 2.42. The molecule has 2 unspecified atom stereocenters. The second-order valence-corrected chi connectivity index (χ2v) is 6.28. The summed E-state index contributed by atoms with van der Waals surface area (Å²) in [4.78, 5) is 2.07. The third-order valence-corrected chi connectivity index (χ3v) is 4.87. The minimum atomic E-state index is -2.12. The van der Waals surface area contributed by atoms with Gasteiger partial charge in [-0.1, -0.05) is 18.2 Å². The fraction of sp³-hybridized carbons (Fsp3) is 0.538. The molecule has 0 aliphatic carbocycles. The first kappa shape index (κ1) is 14.5. The van der Waals surface area contributed by atoms with E-state index < -0.39 is 22.8 Å². The van der Waals surface area contributed by atoms with Crippen LogP contribution in [0.3, 0.4) is 0 Å². The number of likely N-dealkylation sites (N-methyl/N-ethyl adjacent to an activating group) is 1. The lowest BCUT2D eigenvalue weighted by Gasteiger charge is -2.43. The van der Waals surface area contributed by atoms with Gasteiger partial charge in [0.15, 0.2) is 0 Å². The number of rotatable bonds is 2. The van der Waals surface area contributed by atoms with Crippen molar-refractivity contribution in [2.75, 3.05) is 18.6 Å². The Morgan fingerprint density at radius 3 is 2.63 bits per heavy atom. The van der Waals surface area contributed by atoms with Crippen LogP contribution < -0.4 is 4.90 Å². The van der Waals surface area contributed by atoms with Gasteiger partial charge in [0.25, 0.3) is 0 Å². The molecule has 19 heavy (non-hydrogen) atoms. The molecule has 2 N–H and O–H groups in total. The normalized spacial score (nSPS) is 24.7. The molecule has 0 saturated heterocycles. The van der Waals surface area contributed by atoms with E-state index in [9.17, 15) is 13.9 Å². The lowest BCUT2D eigenvalue weighted by Crippen LogP contribution is -2.58. The average Bonchev–Trinajstić information content (AvgIpc) is 2.45. The number of hydrogen-bond acceptors (Lipinski definition) is 3. The smallest absolute Gasteiger partial charge is 0.235 e. The van der Waals surface area contributed by atoms with E-state index in [0.717, 1.165) is 11.3 Å². The highest BCUT2D eigenvalue weighted by molar-refractivity contribution is 7.76. The van der Waals surface area contributed by atoms with Gasteiger partial charge < -0.3 is 10.0 Å². The predicted octanol–water partition coefficient (Wildman–Crippen LogP) is 1.21. The summed E-state index contributed by atoms with van der Waals surface area (Å²) in [6.45, 7) is 4.11. The molecule has 2 atom stereocenters. The van der Waals surface area contributed by atoms with Crippen LogP contribution in [0.4, 0.5) is 5.69 Å². The van der Waals surface area contributed by atoms with Crippen LogP contribution in [0.2, 0.25) is 0 Å². The summed E-state index contributed by atoms with van der Waals surface area (Å²) >= 11 is -2.12. The van der Waals surface area contributed by atoms with Crippen molar-refractivity contribution >= 4 is 17.0 Å². The first-order valence-corrected chi connectivity index (χ1v) is 7.26. The van der Waals surface area contributed by atoms with E-state index >= 15 is 0 Å². The van der Waals surface area contributed by atoms with E-state index in [1.54, 1.807) is 0 Å². The van der Waals surface area contributed by atoms with E-state index in [0.29, 0.717) is 6.54 Å². The molecule has 1 aliphatic heterocycles. The molecule has 1 aromatic rings. The molecule has 5 nitrogen and oxygen atoms in total. The van der Waals surface area contributed by atoms with Crippen LogP contribution in [-0.4, -0.2) is 43.4 Å². The van der Waals surface area contributed by atoms with Crippen LogP contribution in [0.5, 0.6) is 0 Å². The highest BCUT2D eigenvalue weighted by Crippen LogP contribution is 2.35. The lowest BCUT2D eigenvalue weighted by molar-refractivity contribution is 0.132. The Balaban J connectivity index is 2.57. The van der Waals surface area contributed by atoms with E-state index in [4.69, 9.17) is 0 Å². The van der Waals surface area contributed by atoms with E-state index in [-0.39, 0.29) is 6.61 Å². The van der Waals surface area contributed by atoms with Crippen LogP contribution in [0.1, 0.15) is 19.4 Å². The van der Waals surface area contributed by atoms with E-state index in [2.05, 4.69) is 4.90 Å². The third-order valence-electron chi connectivity index (χ3n) is 4.08. The van der Waals surface area contributed by atoms with Crippen molar-refractivity contribution in [2.45, 2.75) is 32.0 Å². The first-order valence-electron chi connectivity index (χ1n) is 6.19. The second kappa shape index (κ2) is 5.20. The number of para-hydroxylation sites is 1. The first-order chi connectivity index (χ1) is 8.89. The zero-order chi connectivity index (χ0) is 14.2. The standard InChI is InChI=1S/C13H20N2O3S/c1-13(2)12(9-16)15(19(17)18)8-10-6-4-5-7-11(10)14(13)3/h4-7,12,16H,8-9H2,1-3H3,(H,17,18). The molecule has 0 fully saturated rings. The molecule has 2 rings (SSSR count). The molecule has 1 aromatic carbocycles. The van der Waals surface area contributed by atoms with E-state index in [1.807, 2.05) is 45.2 Å². The minimum Gasteiger partial charge on any atom is -0.395 e. The van der Waals surface area contributed by atoms with Crippen molar-refractivity contribution in [3.05, 3.63) is 29.8 Å². The van der Waals surface area contributed by atoms with Crippen LogP contribution in [-0.2, 0) is 17.8 Å². The second-order valence-electron chi connectivity index (χ2n) is 5.35. The molecular weight excluding hydrogens is 264 g/mol. The zero-order valence-corrected chi connectivity index (χ0v) is 12.2. The lowest BCUT2D eigenvalue weighted by atomic mass is 9.93. The summed E-state index contributed by atoms with van der Waals surface area (Å²) in [6.07, 6.45) is 0. The van der Waals surface area contributed by atoms with Gasteiger partial charge in [-0.3, -0.25) is 4.55 Å². The number of aliphatic hydroxyl groups excluding tert-OH is 1. The van der Waals surface area contributed by atoms with Gasteiger partial charge in [-0.05, 0) is 25.5 Å². The number of fused-ring (bicyclic) bond motifs is 1. The largest absolute Gasteiger partial charge is 0.395 e. The van der Waals surface area contributed by atoms with Crippen molar-refractivity contribution in [2.24, 2.45) is 0 Å². The maximum absolute atomic E-state index is 11.6. The topological polar surface area (TPSA) is 64.0 Å². The number of benzene rings is 1. The van der Waals surface area contributed by atoms with Crippen LogP contribution in [0.15, 0.2) is 24.3 Å². The van der Waals surface area contributed by atoms with Gasteiger partial charge in [0.1, 0.15) is 0 Å². The van der Waals surface area contributed by atoms with Crippen molar-refractivity contribution in [3.8, 4) is 0 Å². The monoisotopic (exact) mass is 284 g/mol. The Bertz CT molecular complexity index is 493. The number of anilines is 1. The molecule has 0 bridgehead atoms. The molecule has 0 radical (unpaired) electrons. The molecule has 1 aliphatic rings. The number of nitrogens with zero attached hydrogens (tertiary/aromatic N) is 2. The van der Waals surface area contributed by atoms with Crippen LogP contribution >= 0.6 is 0 Å². The van der Waals surface area contributed by atoms with Crippen LogP contribution in [0.25, 0.3) is 0 Å². The SMILES string of the molecule is CN1c2ccccc2CN(S(=O)O)C(CO)C1(C)C. The Kier molecular flexibility index (Phi) is 3.96. The van der Waals surface area contributed by atoms with Crippen LogP contribution in [0, 0.1) is 0 Å². The Morgan fingerprint density at radius 2 is 2.05 bits per heavy atom. The predicted molar refractivity (Wildman–Crippen MR) is 76.1 cm³/mol. The number of hydrogen-bond donors (Lipinski definition) is 2. The summed E-state index contributed by atoms with van der Waals surface area (Å²) in [5.74, 6) is 0. The van der Waals surface area contributed by atoms with Gasteiger partial charge in [0, 0.05) is 19.3 Å². The fourth-order valence-electron chi connectivity index (χ4n) is 2.61. The van der Waals surface area contributed by atoms with Gasteiger partial charge in [-0.2, -0.15) is 4.31 Å². The third kappa shape index (κ3) is 2.41. The molecule has 1 heterocycles. The molecule has 0 spiro atoms. The van der Waals surface area contributed by atoms with Crippen molar-refractivity contribution in [1.82, 2.24) is 4.31 Å².